The molecule has 0 aromatic carbocycles. The molecule has 1 heterocycles. The molecule has 2 aliphatic rings. The molecule has 1 aliphatic carbocycles. The van der Waals surface area contributed by atoms with Crippen LogP contribution in [0.15, 0.2) is 0 Å². The van der Waals surface area contributed by atoms with Gasteiger partial charge in [0.15, 0.2) is 0 Å². The molecule has 2 N–H and O–H groups in total. The van der Waals surface area contributed by atoms with Crippen LogP contribution in [-0.4, -0.2) is 42.5 Å². The molecule has 0 unspecified atom stereocenters. The van der Waals surface area contributed by atoms with Crippen LogP contribution in [0.1, 0.15) is 44.9 Å². The first kappa shape index (κ1) is 14.3. The lowest BCUT2D eigenvalue weighted by molar-refractivity contribution is -0.151. The van der Waals surface area contributed by atoms with Crippen molar-refractivity contribution in [2.45, 2.75) is 57.0 Å². The van der Waals surface area contributed by atoms with Gasteiger partial charge in [-0.05, 0) is 31.6 Å². The highest BCUT2D eigenvalue weighted by atomic mass is 16.5. The molecule has 108 valence electrons. The number of ether oxygens (including phenoxy) is 1. The summed E-state index contributed by atoms with van der Waals surface area (Å²) in [4.78, 5) is 25.8. The summed E-state index contributed by atoms with van der Waals surface area (Å²) in [6.45, 7) is 0.624. The molecule has 0 radical (unpaired) electrons. The first-order chi connectivity index (χ1) is 9.15. The molecule has 0 aromatic heterocycles. The summed E-state index contributed by atoms with van der Waals surface area (Å²) < 4.78 is 4.77. The fourth-order valence-electron chi connectivity index (χ4n) is 3.30. The van der Waals surface area contributed by atoms with E-state index in [4.69, 9.17) is 10.5 Å². The van der Waals surface area contributed by atoms with Crippen LogP contribution in [0.2, 0.25) is 0 Å². The number of esters is 1. The van der Waals surface area contributed by atoms with Gasteiger partial charge in [0.05, 0.1) is 13.2 Å². The van der Waals surface area contributed by atoms with E-state index in [0.717, 1.165) is 32.1 Å². The summed E-state index contributed by atoms with van der Waals surface area (Å²) in [6, 6.07) is -0.877. The highest BCUT2D eigenvalue weighted by molar-refractivity contribution is 5.88. The highest BCUT2D eigenvalue weighted by Gasteiger charge is 2.38. The van der Waals surface area contributed by atoms with Gasteiger partial charge in [-0.25, -0.2) is 4.79 Å². The number of nitrogens with zero attached hydrogens (tertiary/aromatic N) is 1. The molecule has 2 fully saturated rings. The average Bonchev–Trinajstić information content (AvgIpc) is 2.95. The SMILES string of the molecule is COC(=O)[C@@H]1CCCN1C(=O)[C@@H](N)C1CCCCC1. The molecule has 1 amide bonds. The second-order valence-corrected chi connectivity index (χ2v) is 5.64. The Morgan fingerprint density at radius 1 is 1.16 bits per heavy atom. The van der Waals surface area contributed by atoms with Crippen molar-refractivity contribution < 1.29 is 14.3 Å². The van der Waals surface area contributed by atoms with E-state index in [0.29, 0.717) is 13.0 Å². The van der Waals surface area contributed by atoms with Gasteiger partial charge in [-0.1, -0.05) is 19.3 Å². The van der Waals surface area contributed by atoms with Crippen molar-refractivity contribution in [2.24, 2.45) is 11.7 Å². The molecule has 0 spiro atoms. The van der Waals surface area contributed by atoms with Crippen LogP contribution in [0, 0.1) is 5.92 Å². The van der Waals surface area contributed by atoms with E-state index < -0.39 is 12.1 Å². The summed E-state index contributed by atoms with van der Waals surface area (Å²) in [7, 11) is 1.37. The first-order valence-electron chi connectivity index (χ1n) is 7.29. The van der Waals surface area contributed by atoms with Gasteiger partial charge in [-0.15, -0.1) is 0 Å². The van der Waals surface area contributed by atoms with Gasteiger partial charge in [0.2, 0.25) is 5.91 Å². The van der Waals surface area contributed by atoms with Gasteiger partial charge >= 0.3 is 5.97 Å². The number of hydrogen-bond acceptors (Lipinski definition) is 4. The third kappa shape index (κ3) is 3.08. The number of rotatable bonds is 3. The first-order valence-corrected chi connectivity index (χ1v) is 7.29. The van der Waals surface area contributed by atoms with Gasteiger partial charge < -0.3 is 15.4 Å². The normalized spacial score (nSPS) is 26.2. The van der Waals surface area contributed by atoms with Crippen molar-refractivity contribution >= 4 is 11.9 Å². The van der Waals surface area contributed by atoms with E-state index in [9.17, 15) is 9.59 Å². The molecule has 1 saturated heterocycles. The third-order valence-corrected chi connectivity index (χ3v) is 4.45. The number of nitrogens with two attached hydrogens (primary N) is 1. The fraction of sp³-hybridized carbons (Fsp3) is 0.857. The van der Waals surface area contributed by atoms with Crippen molar-refractivity contribution in [1.29, 1.82) is 0 Å². The van der Waals surface area contributed by atoms with Crippen LogP contribution in [0.25, 0.3) is 0 Å². The largest absolute Gasteiger partial charge is 0.467 e. The van der Waals surface area contributed by atoms with E-state index in [1.165, 1.54) is 13.5 Å². The van der Waals surface area contributed by atoms with Gasteiger partial charge in [0.1, 0.15) is 6.04 Å². The van der Waals surface area contributed by atoms with Crippen LogP contribution in [0.4, 0.5) is 0 Å². The summed E-state index contributed by atoms with van der Waals surface area (Å²) in [5.41, 5.74) is 6.13. The molecule has 5 nitrogen and oxygen atoms in total. The molecular formula is C14H24N2O3. The van der Waals surface area contributed by atoms with E-state index in [-0.39, 0.29) is 17.8 Å². The Kier molecular flexibility index (Phi) is 4.80. The van der Waals surface area contributed by atoms with E-state index >= 15 is 0 Å². The van der Waals surface area contributed by atoms with Crippen LogP contribution < -0.4 is 5.73 Å². The maximum absolute atomic E-state index is 12.5. The topological polar surface area (TPSA) is 72.6 Å². The third-order valence-electron chi connectivity index (χ3n) is 4.45. The van der Waals surface area contributed by atoms with Crippen molar-refractivity contribution in [3.05, 3.63) is 0 Å². The van der Waals surface area contributed by atoms with Gasteiger partial charge in [-0.3, -0.25) is 4.79 Å². The zero-order valence-corrected chi connectivity index (χ0v) is 11.6. The second kappa shape index (κ2) is 6.37. The number of likely N-dealkylation sites (tertiary alicyclic amines) is 1. The summed E-state index contributed by atoms with van der Waals surface area (Å²) in [5.74, 6) is -0.110. The summed E-state index contributed by atoms with van der Waals surface area (Å²) in [6.07, 6.45) is 7.16. The van der Waals surface area contributed by atoms with Gasteiger partial charge in [-0.2, -0.15) is 0 Å². The van der Waals surface area contributed by atoms with E-state index in [2.05, 4.69) is 0 Å². The Morgan fingerprint density at radius 3 is 2.47 bits per heavy atom. The Bertz CT molecular complexity index is 340. The van der Waals surface area contributed by atoms with Crippen LogP contribution in [0.3, 0.4) is 0 Å². The highest BCUT2D eigenvalue weighted by Crippen LogP contribution is 2.28. The second-order valence-electron chi connectivity index (χ2n) is 5.64. The van der Waals surface area contributed by atoms with Crippen molar-refractivity contribution in [1.82, 2.24) is 4.90 Å². The zero-order valence-electron chi connectivity index (χ0n) is 11.6. The minimum atomic E-state index is -0.453. The molecule has 0 bridgehead atoms. The summed E-state index contributed by atoms with van der Waals surface area (Å²) >= 11 is 0. The molecule has 5 heteroatoms. The average molecular weight is 268 g/mol. The molecule has 2 rings (SSSR count). The lowest BCUT2D eigenvalue weighted by atomic mass is 9.83. The maximum atomic E-state index is 12.5. The molecule has 1 saturated carbocycles. The standard InChI is InChI=1S/C14H24N2O3/c1-19-14(18)11-8-5-9-16(11)13(17)12(15)10-6-3-2-4-7-10/h10-12H,2-9,15H2,1H3/t11-,12-/m0/s1. The van der Waals surface area contributed by atoms with Crippen LogP contribution >= 0.6 is 0 Å². The Hall–Kier alpha value is -1.10. The van der Waals surface area contributed by atoms with E-state index in [1.54, 1.807) is 4.90 Å². The predicted octanol–water partition coefficient (Wildman–Crippen LogP) is 1.06. The van der Waals surface area contributed by atoms with Crippen molar-refractivity contribution in [3.63, 3.8) is 0 Å². The fourth-order valence-corrected chi connectivity index (χ4v) is 3.30. The molecule has 19 heavy (non-hydrogen) atoms. The number of hydrogen-bond donors (Lipinski definition) is 1. The maximum Gasteiger partial charge on any atom is 0.328 e. The Labute approximate surface area is 114 Å². The number of methoxy groups -OCH3 is 1. The molecular weight excluding hydrogens is 244 g/mol. The Balaban J connectivity index is 1.99. The molecule has 0 aromatic rings. The quantitative estimate of drug-likeness (QED) is 0.777. The Morgan fingerprint density at radius 2 is 1.84 bits per heavy atom. The number of carbonyl (C=O) groups is 2. The minimum Gasteiger partial charge on any atom is -0.467 e. The lowest BCUT2D eigenvalue weighted by Crippen LogP contribution is -2.51. The van der Waals surface area contributed by atoms with Gasteiger partial charge in [0.25, 0.3) is 0 Å². The van der Waals surface area contributed by atoms with Crippen molar-refractivity contribution in [2.75, 3.05) is 13.7 Å². The van der Waals surface area contributed by atoms with E-state index in [1.807, 2.05) is 0 Å². The minimum absolute atomic E-state index is 0.0696. The lowest BCUT2D eigenvalue weighted by Gasteiger charge is -2.31. The summed E-state index contributed by atoms with van der Waals surface area (Å²) in [5, 5.41) is 0. The predicted molar refractivity (Wildman–Crippen MR) is 71.3 cm³/mol. The molecule has 2 atom stereocenters. The van der Waals surface area contributed by atoms with Crippen molar-refractivity contribution in [3.8, 4) is 0 Å². The van der Waals surface area contributed by atoms with Crippen LogP contribution in [0.5, 0.6) is 0 Å². The number of amides is 1. The molecule has 1 aliphatic heterocycles. The van der Waals surface area contributed by atoms with Gasteiger partial charge in [0, 0.05) is 6.54 Å². The zero-order chi connectivity index (χ0) is 13.8. The smallest absolute Gasteiger partial charge is 0.328 e. The number of carbonyl (C=O) groups excluding carboxylic acids is 2. The van der Waals surface area contributed by atoms with Crippen LogP contribution in [-0.2, 0) is 14.3 Å². The monoisotopic (exact) mass is 268 g/mol.